The second-order valence-electron chi connectivity index (χ2n) is 4.13. The van der Waals surface area contributed by atoms with Gasteiger partial charge in [0.1, 0.15) is 11.9 Å². The maximum atomic E-state index is 11.5. The van der Waals surface area contributed by atoms with Crippen molar-refractivity contribution in [3.8, 4) is 0 Å². The number of rotatable bonds is 2. The lowest BCUT2D eigenvalue weighted by molar-refractivity contribution is 0.0536. The topological polar surface area (TPSA) is 82.2 Å². The maximum Gasteiger partial charge on any atom is 0.419 e. The minimum Gasteiger partial charge on any atom is -0.443 e. The van der Waals surface area contributed by atoms with Gasteiger partial charge in [-0.1, -0.05) is 0 Å². The second kappa shape index (κ2) is 4.41. The molecule has 6 heteroatoms. The first kappa shape index (κ1) is 11.7. The van der Waals surface area contributed by atoms with E-state index in [0.29, 0.717) is 12.2 Å². The fourth-order valence-electron chi connectivity index (χ4n) is 0.974. The third kappa shape index (κ3) is 3.69. The van der Waals surface area contributed by atoms with Crippen molar-refractivity contribution in [1.29, 1.82) is 0 Å². The third-order valence-corrected chi connectivity index (χ3v) is 1.52. The number of ether oxygens (including phenoxy) is 1. The molecule has 1 aromatic rings. The SMILES string of the molecule is CC(C)(C)OC(=O)n1cnc(CNN)c1. The molecule has 15 heavy (non-hydrogen) atoms. The molecule has 0 aromatic carbocycles. The van der Waals surface area contributed by atoms with Gasteiger partial charge in [0.15, 0.2) is 0 Å². The molecular weight excluding hydrogens is 196 g/mol. The quantitative estimate of drug-likeness (QED) is 0.555. The number of carbonyl (C=O) groups is 1. The number of nitrogens with two attached hydrogens (primary N) is 1. The highest BCUT2D eigenvalue weighted by molar-refractivity contribution is 5.70. The molecule has 1 heterocycles. The summed E-state index contributed by atoms with van der Waals surface area (Å²) in [5.74, 6) is 5.13. The summed E-state index contributed by atoms with van der Waals surface area (Å²) in [4.78, 5) is 15.5. The van der Waals surface area contributed by atoms with Crippen LogP contribution in [0.1, 0.15) is 26.5 Å². The zero-order chi connectivity index (χ0) is 11.5. The molecule has 6 nitrogen and oxygen atoms in total. The van der Waals surface area contributed by atoms with Gasteiger partial charge in [-0.25, -0.2) is 14.3 Å². The van der Waals surface area contributed by atoms with Crippen molar-refractivity contribution in [3.63, 3.8) is 0 Å². The Kier molecular flexibility index (Phi) is 3.43. The van der Waals surface area contributed by atoms with E-state index in [-0.39, 0.29) is 0 Å². The van der Waals surface area contributed by atoms with Crippen molar-refractivity contribution in [3.05, 3.63) is 18.2 Å². The molecule has 0 atom stereocenters. The molecule has 0 aliphatic heterocycles. The molecule has 3 N–H and O–H groups in total. The highest BCUT2D eigenvalue weighted by Crippen LogP contribution is 2.09. The van der Waals surface area contributed by atoms with Gasteiger partial charge in [0, 0.05) is 6.20 Å². The predicted octanol–water partition coefficient (Wildman–Crippen LogP) is 0.630. The maximum absolute atomic E-state index is 11.5. The van der Waals surface area contributed by atoms with Crippen molar-refractivity contribution in [2.75, 3.05) is 0 Å². The minimum absolute atomic E-state index is 0.412. The normalized spacial score (nSPS) is 11.5. The summed E-state index contributed by atoms with van der Waals surface area (Å²) < 4.78 is 6.44. The minimum atomic E-state index is -0.506. The Labute approximate surface area is 88.4 Å². The van der Waals surface area contributed by atoms with Gasteiger partial charge in [0.05, 0.1) is 12.2 Å². The van der Waals surface area contributed by atoms with Crippen molar-refractivity contribution < 1.29 is 9.53 Å². The summed E-state index contributed by atoms with van der Waals surface area (Å²) in [5, 5.41) is 0. The van der Waals surface area contributed by atoms with Crippen LogP contribution in [0, 0.1) is 0 Å². The molecule has 0 unspecified atom stereocenters. The Morgan fingerprint density at radius 1 is 1.67 bits per heavy atom. The van der Waals surface area contributed by atoms with Crippen LogP contribution in [0.3, 0.4) is 0 Å². The Bertz CT molecular complexity index is 340. The number of hydrogen-bond donors (Lipinski definition) is 2. The van der Waals surface area contributed by atoms with Crippen LogP contribution >= 0.6 is 0 Å². The molecule has 1 rings (SSSR count). The van der Waals surface area contributed by atoms with Gasteiger partial charge < -0.3 is 4.74 Å². The van der Waals surface area contributed by atoms with Crippen molar-refractivity contribution in [2.45, 2.75) is 32.9 Å². The Morgan fingerprint density at radius 2 is 2.33 bits per heavy atom. The Morgan fingerprint density at radius 3 is 2.87 bits per heavy atom. The molecule has 0 saturated carbocycles. The zero-order valence-electron chi connectivity index (χ0n) is 9.15. The molecule has 0 spiro atoms. The first-order valence-electron chi connectivity index (χ1n) is 4.62. The van der Waals surface area contributed by atoms with Crippen LogP contribution in [0.5, 0.6) is 0 Å². The number of nitrogens with zero attached hydrogens (tertiary/aromatic N) is 2. The largest absolute Gasteiger partial charge is 0.443 e. The second-order valence-corrected chi connectivity index (χ2v) is 4.13. The first-order chi connectivity index (χ1) is 6.92. The summed E-state index contributed by atoms with van der Waals surface area (Å²) in [6.45, 7) is 5.84. The molecule has 0 aliphatic carbocycles. The van der Waals surface area contributed by atoms with Crippen molar-refractivity contribution in [1.82, 2.24) is 15.0 Å². The van der Waals surface area contributed by atoms with Gasteiger partial charge in [-0.15, -0.1) is 0 Å². The van der Waals surface area contributed by atoms with E-state index in [2.05, 4.69) is 10.4 Å². The average molecular weight is 212 g/mol. The summed E-state index contributed by atoms with van der Waals surface area (Å²) in [7, 11) is 0. The van der Waals surface area contributed by atoms with Crippen LogP contribution < -0.4 is 11.3 Å². The van der Waals surface area contributed by atoms with Gasteiger partial charge >= 0.3 is 6.09 Å². The number of imidazole rings is 1. The van der Waals surface area contributed by atoms with E-state index < -0.39 is 11.7 Å². The van der Waals surface area contributed by atoms with Crippen LogP contribution in [0.2, 0.25) is 0 Å². The summed E-state index contributed by atoms with van der Waals surface area (Å²) in [5.41, 5.74) is 2.63. The lowest BCUT2D eigenvalue weighted by Gasteiger charge is -2.19. The van der Waals surface area contributed by atoms with E-state index in [0.717, 1.165) is 0 Å². The summed E-state index contributed by atoms with van der Waals surface area (Å²) >= 11 is 0. The zero-order valence-corrected chi connectivity index (χ0v) is 9.15. The Balaban J connectivity index is 2.66. The third-order valence-electron chi connectivity index (χ3n) is 1.52. The van der Waals surface area contributed by atoms with Crippen LogP contribution in [0.25, 0.3) is 0 Å². The molecule has 0 radical (unpaired) electrons. The Hall–Kier alpha value is -1.40. The van der Waals surface area contributed by atoms with Crippen LogP contribution in [-0.4, -0.2) is 21.2 Å². The summed E-state index contributed by atoms with van der Waals surface area (Å²) in [6.07, 6.45) is 2.53. The molecule has 0 bridgehead atoms. The molecular formula is C9H16N4O2. The van der Waals surface area contributed by atoms with Gasteiger partial charge in [0.25, 0.3) is 0 Å². The smallest absolute Gasteiger partial charge is 0.419 e. The van der Waals surface area contributed by atoms with Gasteiger partial charge in [0.2, 0.25) is 0 Å². The van der Waals surface area contributed by atoms with E-state index in [1.165, 1.54) is 10.9 Å². The standard InChI is InChI=1S/C9H16N4O2/c1-9(2,3)15-8(14)13-5-7(4-12-10)11-6-13/h5-6,12H,4,10H2,1-3H3. The van der Waals surface area contributed by atoms with Crippen molar-refractivity contribution in [2.24, 2.45) is 5.84 Å². The average Bonchev–Trinajstić information content (AvgIpc) is 2.50. The van der Waals surface area contributed by atoms with Crippen LogP contribution in [-0.2, 0) is 11.3 Å². The highest BCUT2D eigenvalue weighted by Gasteiger charge is 2.17. The van der Waals surface area contributed by atoms with Gasteiger partial charge in [-0.05, 0) is 20.8 Å². The molecule has 0 aliphatic rings. The molecule has 84 valence electrons. The molecule has 0 saturated heterocycles. The van der Waals surface area contributed by atoms with E-state index in [4.69, 9.17) is 10.6 Å². The van der Waals surface area contributed by atoms with E-state index in [1.54, 1.807) is 6.20 Å². The first-order valence-corrected chi connectivity index (χ1v) is 4.62. The number of carbonyl (C=O) groups excluding carboxylic acids is 1. The van der Waals surface area contributed by atoms with E-state index in [9.17, 15) is 4.79 Å². The summed E-state index contributed by atoms with van der Waals surface area (Å²) in [6, 6.07) is 0. The van der Waals surface area contributed by atoms with Crippen molar-refractivity contribution >= 4 is 6.09 Å². The number of hydrogen-bond acceptors (Lipinski definition) is 5. The van der Waals surface area contributed by atoms with E-state index >= 15 is 0 Å². The number of nitrogens with one attached hydrogen (secondary N) is 1. The van der Waals surface area contributed by atoms with Gasteiger partial charge in [-0.3, -0.25) is 11.3 Å². The number of hydrazine groups is 1. The monoisotopic (exact) mass is 212 g/mol. The molecule has 1 aromatic heterocycles. The van der Waals surface area contributed by atoms with Crippen LogP contribution in [0.15, 0.2) is 12.5 Å². The lowest BCUT2D eigenvalue weighted by atomic mass is 10.2. The highest BCUT2D eigenvalue weighted by atomic mass is 16.6. The molecule has 0 fully saturated rings. The van der Waals surface area contributed by atoms with Crippen LogP contribution in [0.4, 0.5) is 4.79 Å². The predicted molar refractivity (Wildman–Crippen MR) is 54.9 cm³/mol. The molecule has 0 amide bonds. The fraction of sp³-hybridized carbons (Fsp3) is 0.556. The lowest BCUT2D eigenvalue weighted by Crippen LogP contribution is -2.26. The fourth-order valence-corrected chi connectivity index (χ4v) is 0.974. The van der Waals surface area contributed by atoms with E-state index in [1.807, 2.05) is 20.8 Å². The van der Waals surface area contributed by atoms with Gasteiger partial charge in [-0.2, -0.15) is 0 Å². The number of aromatic nitrogens is 2.